The molecule has 156 valence electrons. The normalized spacial score (nSPS) is 15.3. The van der Waals surface area contributed by atoms with Crippen LogP contribution in [0.15, 0.2) is 35.2 Å². The summed E-state index contributed by atoms with van der Waals surface area (Å²) in [5.74, 6) is -0.492. The number of hydrogen-bond acceptors (Lipinski definition) is 4. The lowest BCUT2D eigenvalue weighted by molar-refractivity contribution is 0.0730. The Bertz CT molecular complexity index is 1040. The van der Waals surface area contributed by atoms with Crippen molar-refractivity contribution in [3.63, 3.8) is 0 Å². The Labute approximate surface area is 180 Å². The number of hydrogen-bond donors (Lipinski definition) is 1. The molecular formula is C20H22Cl2N2O4S. The van der Waals surface area contributed by atoms with E-state index < -0.39 is 15.9 Å². The van der Waals surface area contributed by atoms with E-state index in [4.69, 9.17) is 27.9 Å². The van der Waals surface area contributed by atoms with Crippen LogP contribution in [0.25, 0.3) is 0 Å². The molecule has 0 aliphatic carbocycles. The molecular weight excluding hydrogens is 435 g/mol. The number of morpholine rings is 1. The standard InChI is InChI=1S/C20H22Cl2N2O4S/c1-3-14-6-4-5-13(2)19(14)23-20(25)15-11-18(17(22)12-16(15)21)29(26,27)24-7-9-28-10-8-24/h4-6,11-12H,3,7-10H2,1-2H3,(H,23,25). The smallest absolute Gasteiger partial charge is 0.257 e. The first-order valence-corrected chi connectivity index (χ1v) is 11.4. The Morgan fingerprint density at radius 3 is 2.52 bits per heavy atom. The van der Waals surface area contributed by atoms with Crippen molar-refractivity contribution in [3.05, 3.63) is 57.1 Å². The molecule has 3 rings (SSSR count). The van der Waals surface area contributed by atoms with Crippen molar-refractivity contribution in [2.24, 2.45) is 0 Å². The van der Waals surface area contributed by atoms with Gasteiger partial charge < -0.3 is 10.1 Å². The molecule has 2 aromatic carbocycles. The second-order valence-electron chi connectivity index (χ2n) is 6.70. The molecule has 0 saturated carbocycles. The predicted octanol–water partition coefficient (Wildman–Crippen LogP) is 4.14. The van der Waals surface area contributed by atoms with Gasteiger partial charge >= 0.3 is 0 Å². The van der Waals surface area contributed by atoms with Crippen LogP contribution in [0.2, 0.25) is 10.0 Å². The van der Waals surface area contributed by atoms with Gasteiger partial charge in [0.25, 0.3) is 5.91 Å². The highest BCUT2D eigenvalue weighted by Gasteiger charge is 2.30. The summed E-state index contributed by atoms with van der Waals surface area (Å²) in [6.07, 6.45) is 0.738. The lowest BCUT2D eigenvalue weighted by Crippen LogP contribution is -2.40. The number of halogens is 2. The topological polar surface area (TPSA) is 75.7 Å². The Balaban J connectivity index is 1.99. The number of anilines is 1. The van der Waals surface area contributed by atoms with E-state index in [-0.39, 0.29) is 33.6 Å². The van der Waals surface area contributed by atoms with E-state index in [1.807, 2.05) is 32.0 Å². The van der Waals surface area contributed by atoms with Gasteiger partial charge in [0.2, 0.25) is 10.0 Å². The molecule has 1 saturated heterocycles. The average Bonchev–Trinajstić information content (AvgIpc) is 2.69. The molecule has 2 aromatic rings. The fourth-order valence-electron chi connectivity index (χ4n) is 3.21. The van der Waals surface area contributed by atoms with Gasteiger partial charge in [-0.25, -0.2) is 8.42 Å². The molecule has 1 amide bonds. The third kappa shape index (κ3) is 4.59. The van der Waals surface area contributed by atoms with Gasteiger partial charge in [-0.2, -0.15) is 4.31 Å². The summed E-state index contributed by atoms with van der Waals surface area (Å²) in [5, 5.41) is 2.93. The van der Waals surface area contributed by atoms with Crippen LogP contribution in [0.3, 0.4) is 0 Å². The van der Waals surface area contributed by atoms with Crippen LogP contribution in [-0.4, -0.2) is 44.9 Å². The van der Waals surface area contributed by atoms with Gasteiger partial charge in [-0.1, -0.05) is 48.3 Å². The number of sulfonamides is 1. The van der Waals surface area contributed by atoms with Crippen molar-refractivity contribution in [3.8, 4) is 0 Å². The van der Waals surface area contributed by atoms with E-state index in [9.17, 15) is 13.2 Å². The molecule has 29 heavy (non-hydrogen) atoms. The number of carbonyl (C=O) groups is 1. The molecule has 1 N–H and O–H groups in total. The minimum Gasteiger partial charge on any atom is -0.379 e. The number of para-hydroxylation sites is 1. The van der Waals surface area contributed by atoms with Gasteiger partial charge in [0.05, 0.1) is 28.8 Å². The van der Waals surface area contributed by atoms with E-state index in [0.717, 1.165) is 17.5 Å². The zero-order valence-corrected chi connectivity index (χ0v) is 18.5. The summed E-state index contributed by atoms with van der Waals surface area (Å²) in [7, 11) is -3.88. The Hall–Kier alpha value is -1.64. The van der Waals surface area contributed by atoms with Gasteiger partial charge in [0.15, 0.2) is 0 Å². The summed E-state index contributed by atoms with van der Waals surface area (Å²) in [5.41, 5.74) is 2.63. The second kappa shape index (κ2) is 9.02. The van der Waals surface area contributed by atoms with Crippen molar-refractivity contribution in [2.45, 2.75) is 25.2 Å². The quantitative estimate of drug-likeness (QED) is 0.733. The van der Waals surface area contributed by atoms with Crippen LogP contribution >= 0.6 is 23.2 Å². The molecule has 1 fully saturated rings. The highest BCUT2D eigenvalue weighted by Crippen LogP contribution is 2.32. The molecule has 1 aliphatic heterocycles. The largest absolute Gasteiger partial charge is 0.379 e. The number of nitrogens with one attached hydrogen (secondary N) is 1. The van der Waals surface area contributed by atoms with E-state index in [0.29, 0.717) is 18.9 Å². The Morgan fingerprint density at radius 2 is 1.86 bits per heavy atom. The van der Waals surface area contributed by atoms with Gasteiger partial charge in [0, 0.05) is 18.8 Å². The predicted molar refractivity (Wildman–Crippen MR) is 115 cm³/mol. The van der Waals surface area contributed by atoms with Crippen LogP contribution in [0.1, 0.15) is 28.4 Å². The molecule has 0 radical (unpaired) electrons. The first-order chi connectivity index (χ1) is 13.8. The molecule has 0 atom stereocenters. The molecule has 9 heteroatoms. The van der Waals surface area contributed by atoms with Gasteiger partial charge in [-0.3, -0.25) is 4.79 Å². The van der Waals surface area contributed by atoms with Crippen molar-refractivity contribution >= 4 is 44.8 Å². The maximum Gasteiger partial charge on any atom is 0.257 e. The number of amides is 1. The number of aryl methyl sites for hydroxylation is 2. The Morgan fingerprint density at radius 1 is 1.17 bits per heavy atom. The highest BCUT2D eigenvalue weighted by atomic mass is 35.5. The maximum atomic E-state index is 13.0. The summed E-state index contributed by atoms with van der Waals surface area (Å²) in [6.45, 7) is 4.97. The van der Waals surface area contributed by atoms with E-state index in [2.05, 4.69) is 5.32 Å². The van der Waals surface area contributed by atoms with Crippen LogP contribution in [0.4, 0.5) is 5.69 Å². The van der Waals surface area contributed by atoms with Crippen molar-refractivity contribution in [2.75, 3.05) is 31.6 Å². The SMILES string of the molecule is CCc1cccc(C)c1NC(=O)c1cc(S(=O)(=O)N2CCOCC2)c(Cl)cc1Cl. The van der Waals surface area contributed by atoms with Gasteiger partial charge in [0.1, 0.15) is 4.90 Å². The minimum absolute atomic E-state index is 0.0248. The first kappa shape index (κ1) is 22.1. The summed E-state index contributed by atoms with van der Waals surface area (Å²) >= 11 is 12.4. The maximum absolute atomic E-state index is 13.0. The van der Waals surface area contributed by atoms with Crippen molar-refractivity contribution in [1.29, 1.82) is 0 Å². The molecule has 0 unspecified atom stereocenters. The highest BCUT2D eigenvalue weighted by molar-refractivity contribution is 7.89. The summed E-state index contributed by atoms with van der Waals surface area (Å²) in [4.78, 5) is 12.8. The fourth-order valence-corrected chi connectivity index (χ4v) is 5.45. The fraction of sp³-hybridized carbons (Fsp3) is 0.350. The van der Waals surface area contributed by atoms with Crippen LogP contribution in [0, 0.1) is 6.92 Å². The number of benzene rings is 2. The number of carbonyl (C=O) groups excluding carboxylic acids is 1. The third-order valence-corrected chi connectivity index (χ3v) is 7.51. The molecule has 6 nitrogen and oxygen atoms in total. The van der Waals surface area contributed by atoms with E-state index in [1.54, 1.807) is 0 Å². The lowest BCUT2D eigenvalue weighted by Gasteiger charge is -2.26. The Kier molecular flexibility index (Phi) is 6.86. The van der Waals surface area contributed by atoms with Crippen molar-refractivity contribution in [1.82, 2.24) is 4.31 Å². The average molecular weight is 457 g/mol. The third-order valence-electron chi connectivity index (χ3n) is 4.83. The number of rotatable bonds is 5. The van der Waals surface area contributed by atoms with Crippen LogP contribution in [-0.2, 0) is 21.2 Å². The summed E-state index contributed by atoms with van der Waals surface area (Å²) in [6, 6.07) is 8.29. The van der Waals surface area contributed by atoms with Gasteiger partial charge in [-0.05, 0) is 36.6 Å². The van der Waals surface area contributed by atoms with Crippen LogP contribution < -0.4 is 5.32 Å². The van der Waals surface area contributed by atoms with E-state index in [1.165, 1.54) is 16.4 Å². The molecule has 1 heterocycles. The van der Waals surface area contributed by atoms with Gasteiger partial charge in [-0.15, -0.1) is 0 Å². The number of nitrogens with zero attached hydrogens (tertiary/aromatic N) is 1. The molecule has 1 aliphatic rings. The molecule has 0 spiro atoms. The van der Waals surface area contributed by atoms with Crippen molar-refractivity contribution < 1.29 is 17.9 Å². The molecule has 0 aromatic heterocycles. The van der Waals surface area contributed by atoms with Crippen LogP contribution in [0.5, 0.6) is 0 Å². The summed E-state index contributed by atoms with van der Waals surface area (Å²) < 4.78 is 32.5. The monoisotopic (exact) mass is 456 g/mol. The lowest BCUT2D eigenvalue weighted by atomic mass is 10.1. The first-order valence-electron chi connectivity index (χ1n) is 9.22. The zero-order chi connectivity index (χ0) is 21.2. The zero-order valence-electron chi connectivity index (χ0n) is 16.2. The minimum atomic E-state index is -3.88. The van der Waals surface area contributed by atoms with E-state index >= 15 is 0 Å². The number of ether oxygens (including phenoxy) is 1. The second-order valence-corrected chi connectivity index (χ2v) is 9.42. The molecule has 0 bridgehead atoms.